The van der Waals surface area contributed by atoms with Crippen molar-refractivity contribution in [3.8, 4) is 11.3 Å². The largest absolute Gasteiger partial charge is 0.465 e. The van der Waals surface area contributed by atoms with E-state index in [0.717, 1.165) is 18.7 Å². The van der Waals surface area contributed by atoms with Gasteiger partial charge in [0.05, 0.1) is 31.4 Å². The number of rotatable bonds is 7. The van der Waals surface area contributed by atoms with Crippen LogP contribution in [-0.4, -0.2) is 32.2 Å². The number of quaternary nitrogens is 1. The van der Waals surface area contributed by atoms with Crippen LogP contribution in [0.4, 0.5) is 0 Å². The molecule has 0 radical (unpaired) electrons. The summed E-state index contributed by atoms with van der Waals surface area (Å²) in [5, 5.41) is 2.20. The Labute approximate surface area is 147 Å². The predicted molar refractivity (Wildman–Crippen MR) is 92.2 cm³/mol. The zero-order valence-corrected chi connectivity index (χ0v) is 15.0. The normalized spacial score (nSPS) is 11.8. The standard InChI is InChI=1S/C19H23NO5/c1-5-12(2)20-11-16-6-7-17(25-16)13-8-14(18(21)23-3)10-15(9-13)19(22)24-4/h6-10,12,20H,5,11H2,1-4H3/p+1/t12-/m0/s1. The minimum Gasteiger partial charge on any atom is -0.465 e. The number of ether oxygens (including phenoxy) is 2. The minimum atomic E-state index is -0.524. The van der Waals surface area contributed by atoms with Crippen molar-refractivity contribution >= 4 is 11.9 Å². The van der Waals surface area contributed by atoms with E-state index in [9.17, 15) is 9.59 Å². The fraction of sp³-hybridized carbons (Fsp3) is 0.368. The molecule has 6 nitrogen and oxygen atoms in total. The third kappa shape index (κ3) is 4.70. The predicted octanol–water partition coefficient (Wildman–Crippen LogP) is 2.38. The molecule has 1 aromatic heterocycles. The SMILES string of the molecule is CC[C@H](C)[NH2+]Cc1ccc(-c2cc(C(=O)OC)cc(C(=O)OC)c2)o1. The van der Waals surface area contributed by atoms with Gasteiger partial charge in [0, 0.05) is 5.56 Å². The van der Waals surface area contributed by atoms with Crippen molar-refractivity contribution in [1.82, 2.24) is 0 Å². The van der Waals surface area contributed by atoms with Gasteiger partial charge < -0.3 is 19.2 Å². The highest BCUT2D eigenvalue weighted by Gasteiger charge is 2.16. The molecule has 0 aliphatic rings. The monoisotopic (exact) mass is 346 g/mol. The van der Waals surface area contributed by atoms with Crippen molar-refractivity contribution in [3.05, 3.63) is 47.2 Å². The molecule has 1 heterocycles. The van der Waals surface area contributed by atoms with Crippen molar-refractivity contribution in [2.75, 3.05) is 14.2 Å². The second kappa shape index (κ2) is 8.48. The molecular weight excluding hydrogens is 322 g/mol. The van der Waals surface area contributed by atoms with Gasteiger partial charge in [-0.2, -0.15) is 0 Å². The number of furan rings is 1. The molecule has 1 aromatic carbocycles. The lowest BCUT2D eigenvalue weighted by Crippen LogP contribution is -2.87. The summed E-state index contributed by atoms with van der Waals surface area (Å²) in [4.78, 5) is 23.7. The number of nitrogens with two attached hydrogens (primary N) is 1. The Hall–Kier alpha value is -2.60. The van der Waals surface area contributed by atoms with Crippen LogP contribution >= 0.6 is 0 Å². The highest BCUT2D eigenvalue weighted by Crippen LogP contribution is 2.25. The number of benzene rings is 1. The van der Waals surface area contributed by atoms with E-state index in [2.05, 4.69) is 19.2 Å². The van der Waals surface area contributed by atoms with Gasteiger partial charge in [0.1, 0.15) is 12.3 Å². The number of esters is 2. The summed E-state index contributed by atoms with van der Waals surface area (Å²) in [7, 11) is 2.59. The summed E-state index contributed by atoms with van der Waals surface area (Å²) in [5.74, 6) is 0.370. The molecule has 0 spiro atoms. The maximum absolute atomic E-state index is 11.9. The third-order valence-electron chi connectivity index (χ3n) is 4.09. The van der Waals surface area contributed by atoms with E-state index in [-0.39, 0.29) is 11.1 Å². The molecule has 6 heteroatoms. The van der Waals surface area contributed by atoms with Crippen LogP contribution in [0.15, 0.2) is 34.7 Å². The summed E-state index contributed by atoms with van der Waals surface area (Å²) >= 11 is 0. The molecule has 0 fully saturated rings. The van der Waals surface area contributed by atoms with Gasteiger partial charge in [-0.3, -0.25) is 0 Å². The molecule has 0 unspecified atom stereocenters. The van der Waals surface area contributed by atoms with Gasteiger partial charge in [0.2, 0.25) is 0 Å². The molecule has 2 rings (SSSR count). The molecule has 0 saturated carbocycles. The quantitative estimate of drug-likeness (QED) is 0.779. The van der Waals surface area contributed by atoms with Crippen LogP contribution in [-0.2, 0) is 16.0 Å². The molecule has 0 amide bonds. The van der Waals surface area contributed by atoms with Gasteiger partial charge in [0.25, 0.3) is 0 Å². The Morgan fingerprint density at radius 1 is 1.08 bits per heavy atom. The fourth-order valence-electron chi connectivity index (χ4n) is 2.37. The lowest BCUT2D eigenvalue weighted by Gasteiger charge is -2.07. The second-order valence-corrected chi connectivity index (χ2v) is 5.87. The Bertz CT molecular complexity index is 716. The van der Waals surface area contributed by atoms with Crippen LogP contribution in [0.5, 0.6) is 0 Å². The lowest BCUT2D eigenvalue weighted by atomic mass is 10.0. The summed E-state index contributed by atoms with van der Waals surface area (Å²) in [6, 6.07) is 8.97. The maximum atomic E-state index is 11.9. The van der Waals surface area contributed by atoms with E-state index >= 15 is 0 Å². The molecule has 2 N–H and O–H groups in total. The molecule has 0 bridgehead atoms. The first-order valence-electron chi connectivity index (χ1n) is 8.22. The zero-order valence-electron chi connectivity index (χ0n) is 15.0. The number of carbonyl (C=O) groups is 2. The highest BCUT2D eigenvalue weighted by atomic mass is 16.5. The van der Waals surface area contributed by atoms with E-state index in [1.165, 1.54) is 20.3 Å². The van der Waals surface area contributed by atoms with Gasteiger partial charge in [0.15, 0.2) is 5.76 Å². The van der Waals surface area contributed by atoms with Crippen molar-refractivity contribution in [3.63, 3.8) is 0 Å². The van der Waals surface area contributed by atoms with Crippen molar-refractivity contribution in [2.45, 2.75) is 32.9 Å². The van der Waals surface area contributed by atoms with Gasteiger partial charge in [-0.15, -0.1) is 0 Å². The van der Waals surface area contributed by atoms with Crippen LogP contribution in [0.25, 0.3) is 11.3 Å². The van der Waals surface area contributed by atoms with Gasteiger partial charge in [-0.1, -0.05) is 6.92 Å². The van der Waals surface area contributed by atoms with E-state index in [1.807, 2.05) is 12.1 Å². The summed E-state index contributed by atoms with van der Waals surface area (Å²) < 4.78 is 15.4. The number of carbonyl (C=O) groups excluding carboxylic acids is 2. The van der Waals surface area contributed by atoms with Gasteiger partial charge in [-0.25, -0.2) is 9.59 Å². The van der Waals surface area contributed by atoms with E-state index < -0.39 is 11.9 Å². The number of hydrogen-bond acceptors (Lipinski definition) is 5. The molecule has 0 aliphatic carbocycles. The van der Waals surface area contributed by atoms with E-state index in [0.29, 0.717) is 17.4 Å². The van der Waals surface area contributed by atoms with Crippen LogP contribution in [0.3, 0.4) is 0 Å². The zero-order chi connectivity index (χ0) is 18.4. The average molecular weight is 346 g/mol. The minimum absolute atomic E-state index is 0.268. The Morgan fingerprint density at radius 2 is 1.68 bits per heavy atom. The fourth-order valence-corrected chi connectivity index (χ4v) is 2.37. The first kappa shape index (κ1) is 18.7. The second-order valence-electron chi connectivity index (χ2n) is 5.87. The number of methoxy groups -OCH3 is 2. The van der Waals surface area contributed by atoms with Crippen LogP contribution < -0.4 is 5.32 Å². The maximum Gasteiger partial charge on any atom is 0.337 e. The van der Waals surface area contributed by atoms with Crippen LogP contribution in [0.2, 0.25) is 0 Å². The first-order chi connectivity index (χ1) is 12.0. The topological polar surface area (TPSA) is 82.3 Å². The van der Waals surface area contributed by atoms with Crippen molar-refractivity contribution in [2.24, 2.45) is 0 Å². The highest BCUT2D eigenvalue weighted by molar-refractivity contribution is 5.97. The molecule has 1 atom stereocenters. The Balaban J connectivity index is 2.33. The molecule has 0 saturated heterocycles. The summed E-state index contributed by atoms with van der Waals surface area (Å²) in [6.07, 6.45) is 1.08. The number of hydrogen-bond donors (Lipinski definition) is 1. The Morgan fingerprint density at radius 3 is 2.20 bits per heavy atom. The van der Waals surface area contributed by atoms with E-state index in [1.54, 1.807) is 12.1 Å². The third-order valence-corrected chi connectivity index (χ3v) is 4.09. The first-order valence-corrected chi connectivity index (χ1v) is 8.22. The van der Waals surface area contributed by atoms with Crippen molar-refractivity contribution < 1.29 is 28.8 Å². The smallest absolute Gasteiger partial charge is 0.337 e. The Kier molecular flexibility index (Phi) is 6.36. The lowest BCUT2D eigenvalue weighted by molar-refractivity contribution is -0.703. The van der Waals surface area contributed by atoms with Crippen LogP contribution in [0, 0.1) is 0 Å². The summed E-state index contributed by atoms with van der Waals surface area (Å²) in [5.41, 5.74) is 1.16. The summed E-state index contributed by atoms with van der Waals surface area (Å²) in [6.45, 7) is 5.03. The van der Waals surface area contributed by atoms with Gasteiger partial charge >= 0.3 is 11.9 Å². The molecule has 2 aromatic rings. The molecule has 25 heavy (non-hydrogen) atoms. The average Bonchev–Trinajstić information content (AvgIpc) is 3.13. The van der Waals surface area contributed by atoms with E-state index in [4.69, 9.17) is 13.9 Å². The molecular formula is C19H24NO5+. The van der Waals surface area contributed by atoms with Crippen molar-refractivity contribution in [1.29, 1.82) is 0 Å². The van der Waals surface area contributed by atoms with Crippen LogP contribution in [0.1, 0.15) is 46.7 Å². The van der Waals surface area contributed by atoms with Gasteiger partial charge in [-0.05, 0) is 43.7 Å². The molecule has 134 valence electrons. The molecule has 0 aliphatic heterocycles.